The Morgan fingerprint density at radius 3 is 2.56 bits per heavy atom. The second-order valence-corrected chi connectivity index (χ2v) is 7.02. The molecule has 0 aromatic rings. The van der Waals surface area contributed by atoms with Crippen molar-refractivity contribution in [1.82, 2.24) is 0 Å². The average molecular weight is 234 g/mol. The molecule has 2 rings (SSSR count). The number of hydrogen-bond acceptors (Lipinski definition) is 2. The van der Waals surface area contributed by atoms with Crippen molar-refractivity contribution >= 4 is 0 Å². The van der Waals surface area contributed by atoms with Gasteiger partial charge in [-0.25, -0.2) is 0 Å². The van der Waals surface area contributed by atoms with Crippen molar-refractivity contribution in [3.63, 3.8) is 0 Å². The van der Waals surface area contributed by atoms with Crippen LogP contribution in [0.25, 0.3) is 0 Å². The van der Waals surface area contributed by atoms with E-state index in [2.05, 4.69) is 34.6 Å². The van der Waals surface area contributed by atoms with Crippen LogP contribution in [0.5, 0.6) is 0 Å². The highest BCUT2D eigenvalue weighted by atomic mass is 16.5. The monoisotopic (exact) mass is 234 g/mol. The maximum atomic E-state index is 7.44. The van der Waals surface area contributed by atoms with Crippen molar-refractivity contribution in [2.75, 3.05) is 7.11 Å². The molecule has 0 amide bonds. The van der Waals surface area contributed by atoms with Gasteiger partial charge in [-0.15, -0.1) is 0 Å². The molecule has 2 heteroatoms. The normalized spacial score (nSPS) is 47.6. The Bertz CT molecular complexity index is 320. The van der Waals surface area contributed by atoms with Gasteiger partial charge in [0.15, 0.2) is 0 Å². The summed E-state index contributed by atoms with van der Waals surface area (Å²) in [5, 5.41) is 5.11. The summed E-state index contributed by atoms with van der Waals surface area (Å²) in [6.07, 6.45) is 2.57. The molecular formula is C14H28O2. The third-order valence-corrected chi connectivity index (χ3v) is 5.73. The molecule has 2 saturated carbocycles. The fourth-order valence-corrected chi connectivity index (χ4v) is 4.86. The van der Waals surface area contributed by atoms with Gasteiger partial charge in [-0.1, -0.05) is 20.8 Å². The number of rotatable bonds is 3. The first-order valence-electron chi connectivity index (χ1n) is 7.81. The van der Waals surface area contributed by atoms with Gasteiger partial charge in [0.05, 0.1) is 11.7 Å². The first-order chi connectivity index (χ1) is 8.73. The van der Waals surface area contributed by atoms with Gasteiger partial charge in [0, 0.05) is 15.5 Å². The van der Waals surface area contributed by atoms with Crippen molar-refractivity contribution in [2.24, 2.45) is 22.7 Å². The van der Waals surface area contributed by atoms with E-state index in [0.717, 1.165) is 12.8 Å². The molecule has 1 N–H and O–H groups in total. The number of aliphatic hydroxyl groups is 1. The molecule has 2 aliphatic rings. The zero-order valence-corrected chi connectivity index (χ0v) is 11.5. The average Bonchev–Trinajstić information content (AvgIpc) is 2.82. The van der Waals surface area contributed by atoms with E-state index in [9.17, 15) is 0 Å². The molecule has 0 aliphatic heterocycles. The summed E-state index contributed by atoms with van der Waals surface area (Å²) in [7, 11) is 1.82. The van der Waals surface area contributed by atoms with Crippen LogP contribution >= 0.6 is 0 Å². The van der Waals surface area contributed by atoms with E-state index in [-0.39, 0.29) is 10.8 Å². The predicted octanol–water partition coefficient (Wildman–Crippen LogP) is 3.09. The molecule has 4 atom stereocenters. The van der Waals surface area contributed by atoms with Crippen LogP contribution in [0.3, 0.4) is 0 Å². The summed E-state index contributed by atoms with van der Waals surface area (Å²) in [5.74, 6) is 1.28. The van der Waals surface area contributed by atoms with Crippen LogP contribution in [0, 0.1) is 22.7 Å². The number of hydrogen-bond donors (Lipinski definition) is 1. The molecule has 2 fully saturated rings. The van der Waals surface area contributed by atoms with E-state index in [4.69, 9.17) is 14.2 Å². The zero-order valence-electron chi connectivity index (χ0n) is 14.5. The maximum absolute atomic E-state index is 7.44. The third kappa shape index (κ3) is 1.20. The highest BCUT2D eigenvalue weighted by Gasteiger charge is 2.69. The molecule has 2 nitrogen and oxygen atoms in total. The lowest BCUT2D eigenvalue weighted by Gasteiger charge is -2.53. The first kappa shape index (κ1) is 9.90. The smallest absolute Gasteiger partial charge is 0.211 e. The van der Waals surface area contributed by atoms with Gasteiger partial charge < -0.3 is 9.85 Å². The minimum Gasteiger partial charge on any atom is -0.390 e. The van der Waals surface area contributed by atoms with Gasteiger partial charge in [-0.05, 0) is 43.9 Å². The minimum atomic E-state index is -0.410. The molecule has 0 heterocycles. The number of methoxy groups -OCH3 is 1. The van der Waals surface area contributed by atoms with Crippen molar-refractivity contribution in [2.45, 2.75) is 59.2 Å². The Hall–Kier alpha value is -0.0800. The second kappa shape index (κ2) is 3.23. The van der Waals surface area contributed by atoms with Crippen LogP contribution < -0.4 is 0 Å². The summed E-state index contributed by atoms with van der Waals surface area (Å²) >= 11 is 0. The summed E-state index contributed by atoms with van der Waals surface area (Å²) in [5.41, 5.74) is -0.275. The second-order valence-electron chi connectivity index (χ2n) is 7.02. The highest BCUT2D eigenvalue weighted by molar-refractivity contribution is 5.18. The summed E-state index contributed by atoms with van der Waals surface area (Å²) in [6.45, 7) is 11.0. The summed E-state index contributed by atoms with van der Waals surface area (Å²) in [4.78, 5) is 0. The van der Waals surface area contributed by atoms with Gasteiger partial charge in [-0.3, -0.25) is 0 Å². The van der Waals surface area contributed by atoms with E-state index in [1.54, 1.807) is 0 Å². The van der Waals surface area contributed by atoms with Crippen LogP contribution in [0.15, 0.2) is 0 Å². The zero-order chi connectivity index (χ0) is 15.1. The molecule has 2 bridgehead atoms. The lowest BCUT2D eigenvalue weighted by molar-refractivity contribution is -0.156. The van der Waals surface area contributed by atoms with Crippen LogP contribution in [0.2, 0.25) is 0 Å². The van der Waals surface area contributed by atoms with Gasteiger partial charge in [-0.2, -0.15) is 0 Å². The minimum absolute atomic E-state index is 0.0620. The fraction of sp³-hybridized carbons (Fsp3) is 1.00. The third-order valence-electron chi connectivity index (χ3n) is 5.73. The quantitative estimate of drug-likeness (QED) is 0.813. The van der Waals surface area contributed by atoms with Gasteiger partial charge >= 0.3 is 0 Å². The Morgan fingerprint density at radius 1 is 1.50 bits per heavy atom. The molecule has 0 saturated heterocycles. The lowest BCUT2D eigenvalue weighted by Crippen LogP contribution is -2.55. The number of ether oxygens (including phenoxy) is 1. The fourth-order valence-electron chi connectivity index (χ4n) is 4.86. The largest absolute Gasteiger partial charge is 0.390 e. The molecule has 2 unspecified atom stereocenters. The first-order valence-corrected chi connectivity index (χ1v) is 6.40. The maximum Gasteiger partial charge on any atom is 0.211 e. The molecule has 2 aliphatic carbocycles. The predicted molar refractivity (Wildman–Crippen MR) is 67.3 cm³/mol. The molecule has 16 heavy (non-hydrogen) atoms. The molecular weight excluding hydrogens is 200 g/mol. The topological polar surface area (TPSA) is 29.5 Å². The lowest BCUT2D eigenvalue weighted by atomic mass is 9.55. The van der Waals surface area contributed by atoms with E-state index in [0.29, 0.717) is 17.9 Å². The molecule has 0 spiro atoms. The molecule has 0 aromatic heterocycles. The van der Waals surface area contributed by atoms with E-state index in [1.807, 2.05) is 7.11 Å². The van der Waals surface area contributed by atoms with Crippen LogP contribution in [0.4, 0.5) is 0 Å². The SMILES string of the molecule is [3H]OC(C)(C)C12CC([C@H](C)C1)[C@@H](OC)C2(C)C.[3H][3H]. The molecule has 0 radical (unpaired) electrons. The van der Waals surface area contributed by atoms with Crippen molar-refractivity contribution < 1.29 is 12.8 Å². The van der Waals surface area contributed by atoms with E-state index in [1.165, 1.54) is 0 Å². The molecule has 0 aromatic carbocycles. The Kier molecular flexibility index (Phi) is 2.00. The van der Waals surface area contributed by atoms with Crippen molar-refractivity contribution in [1.29, 1.82) is 1.43 Å². The standard InChI is InChI=1S/C14H26O2.H2/c1-9-7-14(13(4,5)15)8-10(9)11(16-6)12(14,2)3;/h9-11,15H,7-8H2,1-6H3;1H/t9-,10?,11-,14?;/m1./s1/i15T;1+2T. The summed E-state index contributed by atoms with van der Waals surface area (Å²) in [6, 6.07) is 0. The Morgan fingerprint density at radius 2 is 2.12 bits per heavy atom. The van der Waals surface area contributed by atoms with E-state index >= 15 is 0 Å². The Labute approximate surface area is 104 Å². The van der Waals surface area contributed by atoms with Gasteiger partial charge in [0.25, 0.3) is 0 Å². The van der Waals surface area contributed by atoms with Crippen molar-refractivity contribution in [3.05, 3.63) is 0 Å². The summed E-state index contributed by atoms with van der Waals surface area (Å²) < 4.78 is 23.2. The number of fused-ring (bicyclic) bond motifs is 2. The van der Waals surface area contributed by atoms with Crippen LogP contribution in [0.1, 0.15) is 50.4 Å². The van der Waals surface area contributed by atoms with Crippen molar-refractivity contribution in [3.8, 4) is 0 Å². The van der Waals surface area contributed by atoms with Crippen LogP contribution in [-0.2, 0) is 4.74 Å². The van der Waals surface area contributed by atoms with Gasteiger partial charge in [0.2, 0.25) is 1.43 Å². The highest BCUT2D eigenvalue weighted by Crippen LogP contribution is 2.70. The Balaban J connectivity index is 0.000000861. The van der Waals surface area contributed by atoms with E-state index < -0.39 is 5.60 Å². The van der Waals surface area contributed by atoms with Gasteiger partial charge in [0.1, 0.15) is 0 Å². The van der Waals surface area contributed by atoms with Crippen LogP contribution in [-0.4, -0.2) is 25.4 Å². The molecule has 96 valence electrons.